The summed E-state index contributed by atoms with van der Waals surface area (Å²) in [5, 5.41) is 5.61. The second-order valence-electron chi connectivity index (χ2n) is 5.80. The van der Waals surface area contributed by atoms with Gasteiger partial charge in [0, 0.05) is 24.1 Å². The monoisotopic (exact) mass is 336 g/mol. The van der Waals surface area contributed by atoms with Gasteiger partial charge in [0.15, 0.2) is 0 Å². The van der Waals surface area contributed by atoms with Crippen molar-refractivity contribution in [2.24, 2.45) is 0 Å². The zero-order chi connectivity index (χ0) is 17.5. The van der Waals surface area contributed by atoms with Gasteiger partial charge in [-0.1, -0.05) is 30.3 Å². The fourth-order valence-corrected chi connectivity index (χ4v) is 2.56. The van der Waals surface area contributed by atoms with Gasteiger partial charge >= 0.3 is 0 Å². The van der Waals surface area contributed by atoms with E-state index in [0.29, 0.717) is 18.0 Å². The molecule has 0 bridgehead atoms. The van der Waals surface area contributed by atoms with Crippen LogP contribution in [-0.2, 0) is 14.3 Å². The van der Waals surface area contributed by atoms with E-state index in [1.54, 1.807) is 30.3 Å². The largest absolute Gasteiger partial charge is 0.368 e. The first kappa shape index (κ1) is 16.9. The lowest BCUT2D eigenvalue weighted by molar-refractivity contribution is -0.124. The van der Waals surface area contributed by atoms with E-state index in [1.807, 2.05) is 30.3 Å². The van der Waals surface area contributed by atoms with Gasteiger partial charge in [-0.25, -0.2) is 0 Å². The van der Waals surface area contributed by atoms with Gasteiger partial charge < -0.3 is 15.4 Å². The molecular formula is C20H20N2O3. The van der Waals surface area contributed by atoms with Gasteiger partial charge in [-0.3, -0.25) is 9.59 Å². The van der Waals surface area contributed by atoms with E-state index in [-0.39, 0.29) is 17.9 Å². The number of carbonyl (C=O) groups is 2. The Kier molecular flexibility index (Phi) is 5.59. The second-order valence-corrected chi connectivity index (χ2v) is 5.80. The Morgan fingerprint density at radius 3 is 2.28 bits per heavy atom. The highest BCUT2D eigenvalue weighted by molar-refractivity contribution is 6.02. The van der Waals surface area contributed by atoms with Crippen LogP contribution in [0.3, 0.4) is 0 Å². The highest BCUT2D eigenvalue weighted by Crippen LogP contribution is 2.17. The van der Waals surface area contributed by atoms with Crippen LogP contribution in [0.1, 0.15) is 18.4 Å². The Balaban J connectivity index is 1.52. The van der Waals surface area contributed by atoms with Crippen LogP contribution in [0.25, 0.3) is 6.08 Å². The minimum Gasteiger partial charge on any atom is -0.368 e. The predicted octanol–water partition coefficient (Wildman–Crippen LogP) is 3.46. The lowest BCUT2D eigenvalue weighted by Gasteiger charge is -2.11. The van der Waals surface area contributed by atoms with E-state index >= 15 is 0 Å². The fraction of sp³-hybridized carbons (Fsp3) is 0.200. The Labute approximate surface area is 146 Å². The quantitative estimate of drug-likeness (QED) is 0.822. The molecule has 0 aromatic heterocycles. The zero-order valence-corrected chi connectivity index (χ0v) is 13.8. The van der Waals surface area contributed by atoms with Crippen LogP contribution in [0.2, 0.25) is 0 Å². The van der Waals surface area contributed by atoms with Crippen molar-refractivity contribution in [2.45, 2.75) is 18.9 Å². The molecule has 3 rings (SSSR count). The van der Waals surface area contributed by atoms with E-state index in [9.17, 15) is 9.59 Å². The summed E-state index contributed by atoms with van der Waals surface area (Å²) in [6.07, 6.45) is 4.56. The minimum absolute atomic E-state index is 0.125. The number of nitrogens with one attached hydrogen (secondary N) is 2. The first-order valence-corrected chi connectivity index (χ1v) is 8.27. The van der Waals surface area contributed by atoms with Crippen molar-refractivity contribution >= 4 is 29.3 Å². The van der Waals surface area contributed by atoms with Crippen LogP contribution in [0.4, 0.5) is 11.4 Å². The van der Waals surface area contributed by atoms with Crippen LogP contribution in [0, 0.1) is 0 Å². The molecule has 1 aliphatic rings. The zero-order valence-electron chi connectivity index (χ0n) is 13.8. The molecule has 0 aliphatic carbocycles. The van der Waals surface area contributed by atoms with Gasteiger partial charge in [0.2, 0.25) is 5.91 Å². The third-order valence-electron chi connectivity index (χ3n) is 3.87. The number of amides is 2. The van der Waals surface area contributed by atoms with Crippen molar-refractivity contribution in [3.63, 3.8) is 0 Å². The maximum absolute atomic E-state index is 12.0. The second kappa shape index (κ2) is 8.26. The maximum atomic E-state index is 12.0. The molecule has 2 N–H and O–H groups in total. The molecule has 0 radical (unpaired) electrons. The first-order chi connectivity index (χ1) is 12.2. The molecule has 1 fully saturated rings. The standard InChI is InChI=1S/C20H20N2O3/c23-19(13-8-15-5-2-1-3-6-15)21-16-9-11-17(12-10-16)22-20(24)18-7-4-14-25-18/h1-3,5-6,8-13,18H,4,7,14H2,(H,21,23)(H,22,24)/b13-8+. The molecule has 2 amide bonds. The third kappa shape index (κ3) is 5.02. The van der Waals surface area contributed by atoms with Gasteiger partial charge in [-0.05, 0) is 48.7 Å². The average Bonchev–Trinajstić information content (AvgIpc) is 3.17. The molecule has 128 valence electrons. The van der Waals surface area contributed by atoms with Crippen LogP contribution >= 0.6 is 0 Å². The summed E-state index contributed by atoms with van der Waals surface area (Å²) < 4.78 is 5.35. The van der Waals surface area contributed by atoms with Crippen molar-refractivity contribution in [1.82, 2.24) is 0 Å². The van der Waals surface area contributed by atoms with Crippen LogP contribution in [0.15, 0.2) is 60.7 Å². The topological polar surface area (TPSA) is 67.4 Å². The molecule has 0 saturated carbocycles. The SMILES string of the molecule is O=C(/C=C/c1ccccc1)Nc1ccc(NC(=O)C2CCCO2)cc1. The van der Waals surface area contributed by atoms with E-state index in [1.165, 1.54) is 6.08 Å². The Bertz CT molecular complexity index is 748. The lowest BCUT2D eigenvalue weighted by atomic mass is 10.2. The minimum atomic E-state index is -0.359. The molecule has 1 saturated heterocycles. The Morgan fingerprint density at radius 1 is 0.960 bits per heavy atom. The number of hydrogen-bond acceptors (Lipinski definition) is 3. The molecule has 1 atom stereocenters. The molecule has 1 heterocycles. The van der Waals surface area contributed by atoms with E-state index < -0.39 is 0 Å². The van der Waals surface area contributed by atoms with Crippen molar-refractivity contribution < 1.29 is 14.3 Å². The van der Waals surface area contributed by atoms with Crippen LogP contribution in [0.5, 0.6) is 0 Å². The molecule has 1 aliphatic heterocycles. The molecule has 2 aromatic carbocycles. The van der Waals surface area contributed by atoms with Crippen molar-refractivity contribution in [1.29, 1.82) is 0 Å². The van der Waals surface area contributed by atoms with E-state index in [4.69, 9.17) is 4.74 Å². The fourth-order valence-electron chi connectivity index (χ4n) is 2.56. The molecule has 25 heavy (non-hydrogen) atoms. The third-order valence-corrected chi connectivity index (χ3v) is 3.87. The molecule has 1 unspecified atom stereocenters. The predicted molar refractivity (Wildman–Crippen MR) is 98.2 cm³/mol. The summed E-state index contributed by atoms with van der Waals surface area (Å²) in [5.74, 6) is -0.333. The highest BCUT2D eigenvalue weighted by atomic mass is 16.5. The Hall–Kier alpha value is -2.92. The normalized spacial score (nSPS) is 16.7. The number of hydrogen-bond donors (Lipinski definition) is 2. The summed E-state index contributed by atoms with van der Waals surface area (Å²) in [5.41, 5.74) is 2.31. The first-order valence-electron chi connectivity index (χ1n) is 8.27. The van der Waals surface area contributed by atoms with Crippen LogP contribution in [-0.4, -0.2) is 24.5 Å². The number of anilines is 2. The van der Waals surface area contributed by atoms with Crippen LogP contribution < -0.4 is 10.6 Å². The summed E-state index contributed by atoms with van der Waals surface area (Å²) in [6.45, 7) is 0.638. The summed E-state index contributed by atoms with van der Waals surface area (Å²) in [4.78, 5) is 23.9. The van der Waals surface area contributed by atoms with Crippen molar-refractivity contribution in [2.75, 3.05) is 17.2 Å². The summed E-state index contributed by atoms with van der Waals surface area (Å²) in [6, 6.07) is 16.6. The highest BCUT2D eigenvalue weighted by Gasteiger charge is 2.23. The summed E-state index contributed by atoms with van der Waals surface area (Å²) in [7, 11) is 0. The van der Waals surface area contributed by atoms with Gasteiger partial charge in [0.05, 0.1) is 0 Å². The molecule has 0 spiro atoms. The summed E-state index contributed by atoms with van der Waals surface area (Å²) >= 11 is 0. The smallest absolute Gasteiger partial charge is 0.253 e. The average molecular weight is 336 g/mol. The number of ether oxygens (including phenoxy) is 1. The molecule has 5 heteroatoms. The van der Waals surface area contributed by atoms with E-state index in [2.05, 4.69) is 10.6 Å². The van der Waals surface area contributed by atoms with Gasteiger partial charge in [-0.15, -0.1) is 0 Å². The Morgan fingerprint density at radius 2 is 1.64 bits per heavy atom. The van der Waals surface area contributed by atoms with Crippen molar-refractivity contribution in [3.05, 3.63) is 66.2 Å². The van der Waals surface area contributed by atoms with Gasteiger partial charge in [-0.2, -0.15) is 0 Å². The van der Waals surface area contributed by atoms with Crippen molar-refractivity contribution in [3.8, 4) is 0 Å². The van der Waals surface area contributed by atoms with Gasteiger partial charge in [0.1, 0.15) is 6.10 Å². The van der Waals surface area contributed by atoms with Gasteiger partial charge in [0.25, 0.3) is 5.91 Å². The lowest BCUT2D eigenvalue weighted by Crippen LogP contribution is -2.26. The molecule has 5 nitrogen and oxygen atoms in total. The molecular weight excluding hydrogens is 316 g/mol. The number of carbonyl (C=O) groups excluding carboxylic acids is 2. The number of benzene rings is 2. The van der Waals surface area contributed by atoms with E-state index in [0.717, 1.165) is 18.4 Å². The molecule has 2 aromatic rings. The maximum Gasteiger partial charge on any atom is 0.253 e. The number of rotatable bonds is 5.